The fraction of sp³-hybridized carbons (Fsp3) is 0.278. The number of rotatable bonds is 4. The second-order valence-corrected chi connectivity index (χ2v) is 7.04. The van der Waals surface area contributed by atoms with Gasteiger partial charge in [0.2, 0.25) is 0 Å². The number of carboxylic acids is 1. The van der Waals surface area contributed by atoms with E-state index in [1.54, 1.807) is 18.2 Å². The van der Waals surface area contributed by atoms with Crippen LogP contribution in [0.15, 0.2) is 46.9 Å². The molecule has 0 unspecified atom stereocenters. The van der Waals surface area contributed by atoms with Gasteiger partial charge in [-0.1, -0.05) is 39.0 Å². The zero-order valence-corrected chi connectivity index (χ0v) is 14.5. The van der Waals surface area contributed by atoms with E-state index in [-0.39, 0.29) is 11.0 Å². The van der Waals surface area contributed by atoms with Crippen molar-refractivity contribution in [2.45, 2.75) is 32.8 Å². The van der Waals surface area contributed by atoms with Gasteiger partial charge in [-0.15, -0.1) is 0 Å². The normalized spacial score (nSPS) is 11.3. The van der Waals surface area contributed by atoms with Crippen LogP contribution in [0.1, 0.15) is 42.3 Å². The van der Waals surface area contributed by atoms with Gasteiger partial charge in [-0.25, -0.2) is 4.79 Å². The minimum absolute atomic E-state index is 0.0802. The maximum atomic E-state index is 11.0. The third kappa shape index (κ3) is 4.10. The van der Waals surface area contributed by atoms with E-state index in [0.29, 0.717) is 6.61 Å². The fourth-order valence-corrected chi connectivity index (χ4v) is 2.53. The van der Waals surface area contributed by atoms with Gasteiger partial charge >= 0.3 is 5.97 Å². The Labute approximate surface area is 139 Å². The van der Waals surface area contributed by atoms with Crippen LogP contribution in [0.25, 0.3) is 0 Å². The molecule has 0 amide bonds. The molecule has 0 aliphatic heterocycles. The highest BCUT2D eigenvalue weighted by Gasteiger charge is 2.15. The van der Waals surface area contributed by atoms with Crippen LogP contribution in [-0.2, 0) is 12.0 Å². The number of halogens is 1. The van der Waals surface area contributed by atoms with Gasteiger partial charge in [-0.3, -0.25) is 0 Å². The molecule has 4 heteroatoms. The molecule has 0 spiro atoms. The number of carboxylic acid groups (broad SMARTS) is 1. The van der Waals surface area contributed by atoms with E-state index >= 15 is 0 Å². The second kappa shape index (κ2) is 6.53. The van der Waals surface area contributed by atoms with Crippen molar-refractivity contribution in [3.63, 3.8) is 0 Å². The summed E-state index contributed by atoms with van der Waals surface area (Å²) in [6.07, 6.45) is 0. The molecule has 3 nitrogen and oxygen atoms in total. The number of benzene rings is 2. The van der Waals surface area contributed by atoms with Crippen LogP contribution in [0.2, 0.25) is 0 Å². The molecule has 22 heavy (non-hydrogen) atoms. The fourth-order valence-electron chi connectivity index (χ4n) is 2.04. The lowest BCUT2D eigenvalue weighted by Crippen LogP contribution is -2.11. The van der Waals surface area contributed by atoms with Crippen molar-refractivity contribution in [2.24, 2.45) is 0 Å². The van der Waals surface area contributed by atoms with Crippen LogP contribution in [0.5, 0.6) is 5.75 Å². The standard InChI is InChI=1S/C18H19BrO3/c1-18(2,3)14-7-8-16(15(19)10-14)22-11-12-5-4-6-13(9-12)17(20)21/h4-10H,11H2,1-3H3,(H,20,21). The minimum Gasteiger partial charge on any atom is -0.488 e. The van der Waals surface area contributed by atoms with Crippen molar-refractivity contribution < 1.29 is 14.6 Å². The highest BCUT2D eigenvalue weighted by Crippen LogP contribution is 2.31. The number of hydrogen-bond donors (Lipinski definition) is 1. The second-order valence-electron chi connectivity index (χ2n) is 6.19. The Morgan fingerprint density at radius 3 is 2.50 bits per heavy atom. The third-order valence-corrected chi connectivity index (χ3v) is 3.99. The Bertz CT molecular complexity index is 687. The highest BCUT2D eigenvalue weighted by atomic mass is 79.9. The van der Waals surface area contributed by atoms with Crippen molar-refractivity contribution >= 4 is 21.9 Å². The van der Waals surface area contributed by atoms with Gasteiger partial charge in [0.25, 0.3) is 0 Å². The van der Waals surface area contributed by atoms with Gasteiger partial charge < -0.3 is 9.84 Å². The molecule has 2 rings (SSSR count). The molecule has 0 saturated carbocycles. The maximum Gasteiger partial charge on any atom is 0.335 e. The molecule has 116 valence electrons. The molecule has 0 heterocycles. The van der Waals surface area contributed by atoms with Gasteiger partial charge in [0.05, 0.1) is 10.0 Å². The first-order valence-electron chi connectivity index (χ1n) is 7.02. The van der Waals surface area contributed by atoms with Gasteiger partial charge in [-0.2, -0.15) is 0 Å². The maximum absolute atomic E-state index is 11.0. The van der Waals surface area contributed by atoms with Crippen molar-refractivity contribution in [3.8, 4) is 5.75 Å². The first-order valence-corrected chi connectivity index (χ1v) is 7.82. The lowest BCUT2D eigenvalue weighted by molar-refractivity contribution is 0.0696. The van der Waals surface area contributed by atoms with Crippen LogP contribution in [0.3, 0.4) is 0 Å². The summed E-state index contributed by atoms with van der Waals surface area (Å²) in [6.45, 7) is 6.81. The Kier molecular flexibility index (Phi) is 4.91. The molecule has 0 aliphatic carbocycles. The lowest BCUT2D eigenvalue weighted by Gasteiger charge is -2.20. The number of ether oxygens (including phenoxy) is 1. The summed E-state index contributed by atoms with van der Waals surface area (Å²) in [5.74, 6) is -0.189. The Morgan fingerprint density at radius 2 is 1.91 bits per heavy atom. The van der Waals surface area contributed by atoms with Crippen LogP contribution in [0.4, 0.5) is 0 Å². The number of carbonyl (C=O) groups is 1. The predicted molar refractivity (Wildman–Crippen MR) is 90.6 cm³/mol. The van der Waals surface area contributed by atoms with E-state index < -0.39 is 5.97 Å². The van der Waals surface area contributed by atoms with Crippen LogP contribution in [-0.4, -0.2) is 11.1 Å². The first-order chi connectivity index (χ1) is 10.3. The molecule has 1 N–H and O–H groups in total. The first kappa shape index (κ1) is 16.6. The average Bonchev–Trinajstić information content (AvgIpc) is 2.45. The van der Waals surface area contributed by atoms with E-state index in [9.17, 15) is 4.79 Å². The molecule has 2 aromatic carbocycles. The predicted octanol–water partition coefficient (Wildman–Crippen LogP) is 5.02. The summed E-state index contributed by atoms with van der Waals surface area (Å²) >= 11 is 3.53. The molecule has 0 fully saturated rings. The molecule has 0 aromatic heterocycles. The molecule has 0 saturated heterocycles. The van der Waals surface area contributed by atoms with E-state index in [1.165, 1.54) is 5.56 Å². The van der Waals surface area contributed by atoms with Crippen LogP contribution in [0, 0.1) is 0 Å². The highest BCUT2D eigenvalue weighted by molar-refractivity contribution is 9.10. The van der Waals surface area contributed by atoms with Crippen LogP contribution >= 0.6 is 15.9 Å². The third-order valence-electron chi connectivity index (χ3n) is 3.37. The summed E-state index contributed by atoms with van der Waals surface area (Å²) < 4.78 is 6.68. The Balaban J connectivity index is 2.12. The van der Waals surface area contributed by atoms with Crippen molar-refractivity contribution in [1.82, 2.24) is 0 Å². The largest absolute Gasteiger partial charge is 0.488 e. The molecule has 2 aromatic rings. The van der Waals surface area contributed by atoms with E-state index in [0.717, 1.165) is 15.8 Å². The molecule has 0 radical (unpaired) electrons. The number of aromatic carboxylic acids is 1. The molecular weight excluding hydrogens is 344 g/mol. The summed E-state index contributed by atoms with van der Waals surface area (Å²) in [4.78, 5) is 11.0. The quantitative estimate of drug-likeness (QED) is 0.829. The molecule has 0 atom stereocenters. The van der Waals surface area contributed by atoms with E-state index in [4.69, 9.17) is 9.84 Å². The van der Waals surface area contributed by atoms with Gasteiger partial charge in [0, 0.05) is 0 Å². The molecule has 0 bridgehead atoms. The monoisotopic (exact) mass is 362 g/mol. The number of hydrogen-bond acceptors (Lipinski definition) is 2. The molecular formula is C18H19BrO3. The zero-order valence-electron chi connectivity index (χ0n) is 12.9. The zero-order chi connectivity index (χ0) is 16.3. The van der Waals surface area contributed by atoms with Crippen molar-refractivity contribution in [3.05, 3.63) is 63.6 Å². The summed E-state index contributed by atoms with van der Waals surface area (Å²) in [5.41, 5.74) is 2.39. The van der Waals surface area contributed by atoms with Crippen LogP contribution < -0.4 is 4.74 Å². The summed E-state index contributed by atoms with van der Waals surface area (Å²) in [7, 11) is 0. The van der Waals surface area contributed by atoms with Gasteiger partial charge in [0.15, 0.2) is 0 Å². The van der Waals surface area contributed by atoms with E-state index in [1.807, 2.05) is 18.2 Å². The minimum atomic E-state index is -0.933. The van der Waals surface area contributed by atoms with Crippen molar-refractivity contribution in [1.29, 1.82) is 0 Å². The van der Waals surface area contributed by atoms with Gasteiger partial charge in [0.1, 0.15) is 12.4 Å². The summed E-state index contributed by atoms with van der Waals surface area (Å²) in [6, 6.07) is 12.8. The van der Waals surface area contributed by atoms with Gasteiger partial charge in [-0.05, 0) is 56.7 Å². The SMILES string of the molecule is CC(C)(C)c1ccc(OCc2cccc(C(=O)O)c2)c(Br)c1. The summed E-state index contributed by atoms with van der Waals surface area (Å²) in [5, 5.41) is 9.00. The Morgan fingerprint density at radius 1 is 1.18 bits per heavy atom. The smallest absolute Gasteiger partial charge is 0.335 e. The average molecular weight is 363 g/mol. The molecule has 0 aliphatic rings. The van der Waals surface area contributed by atoms with E-state index in [2.05, 4.69) is 42.8 Å². The lowest BCUT2D eigenvalue weighted by atomic mass is 9.87. The topological polar surface area (TPSA) is 46.5 Å². The Hall–Kier alpha value is -1.81. The van der Waals surface area contributed by atoms with Crippen molar-refractivity contribution in [2.75, 3.05) is 0 Å².